The van der Waals surface area contributed by atoms with Crippen LogP contribution in [0.4, 0.5) is 5.95 Å². The lowest BCUT2D eigenvalue weighted by Crippen LogP contribution is -2.51. The fourth-order valence-electron chi connectivity index (χ4n) is 1.33. The summed E-state index contributed by atoms with van der Waals surface area (Å²) in [5.41, 5.74) is -0.644. The number of hydrogen-bond donors (Lipinski definition) is 2. The second-order valence-electron chi connectivity index (χ2n) is 6.15. The minimum Gasteiger partial charge on any atom is -0.475 e. The predicted octanol–water partition coefficient (Wildman–Crippen LogP) is 2.53. The lowest BCUT2D eigenvalue weighted by molar-refractivity contribution is 0.0236. The van der Waals surface area contributed by atoms with Crippen molar-refractivity contribution >= 4 is 5.95 Å². The molecule has 1 rings (SSSR count). The largest absolute Gasteiger partial charge is 0.475 e. The smallest absolute Gasteiger partial charge is 0.226 e. The molecule has 2 N–H and O–H groups in total. The Hall–Kier alpha value is -1.36. The van der Waals surface area contributed by atoms with Crippen molar-refractivity contribution in [3.05, 3.63) is 11.8 Å². The first-order valence-electron chi connectivity index (χ1n) is 6.54. The van der Waals surface area contributed by atoms with Gasteiger partial charge in [0.05, 0.1) is 17.2 Å². The van der Waals surface area contributed by atoms with Gasteiger partial charge in [-0.3, -0.25) is 0 Å². The van der Waals surface area contributed by atoms with Gasteiger partial charge in [0.15, 0.2) is 0 Å². The van der Waals surface area contributed by atoms with Crippen molar-refractivity contribution in [3.8, 4) is 5.88 Å². The Bertz CT molecular complexity index is 437. The topological polar surface area (TPSA) is 67.3 Å². The van der Waals surface area contributed by atoms with E-state index in [4.69, 9.17) is 4.74 Å². The third-order valence-electron chi connectivity index (χ3n) is 3.14. The van der Waals surface area contributed by atoms with E-state index in [1.807, 2.05) is 34.6 Å². The highest BCUT2D eigenvalue weighted by molar-refractivity contribution is 5.34. The number of aromatic nitrogens is 2. The number of nitrogens with zero attached hydrogens (tertiary/aromatic N) is 2. The maximum Gasteiger partial charge on any atom is 0.226 e. The molecule has 0 aromatic carbocycles. The zero-order chi connectivity index (χ0) is 14.8. The van der Waals surface area contributed by atoms with Gasteiger partial charge in [0.2, 0.25) is 11.8 Å². The normalized spacial score (nSPS) is 12.7. The zero-order valence-corrected chi connectivity index (χ0v) is 12.9. The molecular formula is C14H25N3O2. The Morgan fingerprint density at radius 2 is 1.79 bits per heavy atom. The summed E-state index contributed by atoms with van der Waals surface area (Å²) >= 11 is 0. The third kappa shape index (κ3) is 4.35. The van der Waals surface area contributed by atoms with Gasteiger partial charge in [0.1, 0.15) is 0 Å². The first-order valence-corrected chi connectivity index (χ1v) is 6.54. The lowest BCUT2D eigenvalue weighted by Gasteiger charge is -2.38. The molecule has 0 bridgehead atoms. The van der Waals surface area contributed by atoms with E-state index < -0.39 is 11.1 Å². The van der Waals surface area contributed by atoms with Crippen LogP contribution in [0.25, 0.3) is 0 Å². The van der Waals surface area contributed by atoms with Gasteiger partial charge < -0.3 is 15.2 Å². The van der Waals surface area contributed by atoms with E-state index in [-0.39, 0.29) is 6.10 Å². The van der Waals surface area contributed by atoms with Crippen LogP contribution in [0.2, 0.25) is 0 Å². The molecule has 0 saturated heterocycles. The summed E-state index contributed by atoms with van der Waals surface area (Å²) in [6.07, 6.45) is 0.0597. The van der Waals surface area contributed by atoms with E-state index in [2.05, 4.69) is 15.3 Å². The van der Waals surface area contributed by atoms with Gasteiger partial charge in [0, 0.05) is 11.8 Å². The van der Waals surface area contributed by atoms with E-state index in [0.717, 1.165) is 5.69 Å². The molecule has 108 valence electrons. The number of hydrogen-bond acceptors (Lipinski definition) is 5. The van der Waals surface area contributed by atoms with Crippen LogP contribution in [0.5, 0.6) is 5.88 Å². The van der Waals surface area contributed by atoms with Gasteiger partial charge in [-0.05, 0) is 48.5 Å². The molecule has 0 fully saturated rings. The summed E-state index contributed by atoms with van der Waals surface area (Å²) in [7, 11) is 0. The fraction of sp³-hybridized carbons (Fsp3) is 0.714. The van der Waals surface area contributed by atoms with Crippen LogP contribution in [-0.4, -0.2) is 32.3 Å². The maximum absolute atomic E-state index is 10.1. The molecule has 5 nitrogen and oxygen atoms in total. The van der Waals surface area contributed by atoms with Crippen LogP contribution in [0.1, 0.15) is 47.2 Å². The van der Waals surface area contributed by atoms with Crippen LogP contribution in [0.15, 0.2) is 6.07 Å². The highest BCUT2D eigenvalue weighted by Gasteiger charge is 2.35. The summed E-state index contributed by atoms with van der Waals surface area (Å²) in [5, 5.41) is 13.3. The average Bonchev–Trinajstić information content (AvgIpc) is 2.11. The van der Waals surface area contributed by atoms with E-state index >= 15 is 0 Å². The molecule has 0 saturated carbocycles. The van der Waals surface area contributed by atoms with Crippen molar-refractivity contribution in [1.29, 1.82) is 0 Å². The number of aryl methyl sites for hydroxylation is 1. The fourth-order valence-corrected chi connectivity index (χ4v) is 1.33. The van der Waals surface area contributed by atoms with Crippen LogP contribution < -0.4 is 10.1 Å². The van der Waals surface area contributed by atoms with Gasteiger partial charge in [-0.15, -0.1) is 0 Å². The van der Waals surface area contributed by atoms with E-state index in [1.54, 1.807) is 19.9 Å². The molecule has 5 heteroatoms. The molecule has 0 amide bonds. The SMILES string of the molecule is Cc1cc(OC(C)C)nc(NC(C)(C)C(C)(C)O)n1. The van der Waals surface area contributed by atoms with Crippen molar-refractivity contribution in [2.24, 2.45) is 0 Å². The Morgan fingerprint density at radius 3 is 2.26 bits per heavy atom. The van der Waals surface area contributed by atoms with Crippen molar-refractivity contribution in [1.82, 2.24) is 9.97 Å². The Morgan fingerprint density at radius 1 is 1.21 bits per heavy atom. The molecule has 0 aliphatic carbocycles. The standard InChI is InChI=1S/C14H25N3O2/c1-9(2)19-11-8-10(3)15-12(16-11)17-13(4,5)14(6,7)18/h8-9,18H,1-7H3,(H,15,16,17). The molecule has 0 unspecified atom stereocenters. The molecule has 0 aliphatic heterocycles. The summed E-state index contributed by atoms with van der Waals surface area (Å²) in [6.45, 7) is 13.1. The molecule has 0 spiro atoms. The van der Waals surface area contributed by atoms with Crippen molar-refractivity contribution in [3.63, 3.8) is 0 Å². The van der Waals surface area contributed by atoms with Crippen LogP contribution >= 0.6 is 0 Å². The van der Waals surface area contributed by atoms with Gasteiger partial charge in [-0.1, -0.05) is 0 Å². The molecule has 0 atom stereocenters. The van der Waals surface area contributed by atoms with E-state index in [9.17, 15) is 5.11 Å². The van der Waals surface area contributed by atoms with E-state index in [1.165, 1.54) is 0 Å². The highest BCUT2D eigenvalue weighted by atomic mass is 16.5. The van der Waals surface area contributed by atoms with Crippen LogP contribution in [0, 0.1) is 6.92 Å². The highest BCUT2D eigenvalue weighted by Crippen LogP contribution is 2.25. The lowest BCUT2D eigenvalue weighted by atomic mass is 9.86. The van der Waals surface area contributed by atoms with Crippen LogP contribution in [-0.2, 0) is 0 Å². The maximum atomic E-state index is 10.1. The molecular weight excluding hydrogens is 242 g/mol. The third-order valence-corrected chi connectivity index (χ3v) is 3.14. The number of anilines is 1. The van der Waals surface area contributed by atoms with Crippen molar-refractivity contribution in [2.75, 3.05) is 5.32 Å². The summed E-state index contributed by atoms with van der Waals surface area (Å²) in [5.74, 6) is 0.999. The predicted molar refractivity (Wildman–Crippen MR) is 76.5 cm³/mol. The quantitative estimate of drug-likeness (QED) is 0.858. The Kier molecular flexibility index (Phi) is 4.40. The monoisotopic (exact) mass is 267 g/mol. The Balaban J connectivity index is 2.99. The first-order chi connectivity index (χ1) is 8.51. The van der Waals surface area contributed by atoms with Gasteiger partial charge in [-0.2, -0.15) is 4.98 Å². The molecule has 1 aromatic rings. The number of aliphatic hydroxyl groups is 1. The number of nitrogens with one attached hydrogen (secondary N) is 1. The van der Waals surface area contributed by atoms with E-state index in [0.29, 0.717) is 11.8 Å². The Labute approximate surface area is 115 Å². The minimum atomic E-state index is -0.904. The molecule has 19 heavy (non-hydrogen) atoms. The molecule has 0 aliphatic rings. The van der Waals surface area contributed by atoms with Gasteiger partial charge in [0.25, 0.3) is 0 Å². The summed E-state index contributed by atoms with van der Waals surface area (Å²) in [4.78, 5) is 8.64. The van der Waals surface area contributed by atoms with Gasteiger partial charge in [-0.25, -0.2) is 4.98 Å². The van der Waals surface area contributed by atoms with Crippen LogP contribution in [0.3, 0.4) is 0 Å². The summed E-state index contributed by atoms with van der Waals surface area (Å²) < 4.78 is 5.58. The average molecular weight is 267 g/mol. The van der Waals surface area contributed by atoms with Gasteiger partial charge >= 0.3 is 0 Å². The second-order valence-corrected chi connectivity index (χ2v) is 6.15. The summed E-state index contributed by atoms with van der Waals surface area (Å²) in [6, 6.07) is 1.79. The number of rotatable bonds is 5. The molecule has 1 aromatic heterocycles. The number of ether oxygens (including phenoxy) is 1. The van der Waals surface area contributed by atoms with Crippen molar-refractivity contribution < 1.29 is 9.84 Å². The zero-order valence-electron chi connectivity index (χ0n) is 12.9. The second kappa shape index (κ2) is 5.33. The minimum absolute atomic E-state index is 0.0597. The first kappa shape index (κ1) is 15.7. The molecule has 1 heterocycles. The molecule has 0 radical (unpaired) electrons. The van der Waals surface area contributed by atoms with Crippen molar-refractivity contribution in [2.45, 2.75) is 65.7 Å².